The van der Waals surface area contributed by atoms with Gasteiger partial charge in [-0.25, -0.2) is 14.8 Å². The van der Waals surface area contributed by atoms with Gasteiger partial charge in [0.15, 0.2) is 0 Å². The molecule has 9 heteroatoms. The first-order valence-electron chi connectivity index (χ1n) is 6.75. The molecule has 0 saturated heterocycles. The average Bonchev–Trinajstić information content (AvgIpc) is 2.91. The molecule has 2 aromatic rings. The molecule has 2 aromatic heterocycles. The maximum absolute atomic E-state index is 10.6. The molecule has 0 unspecified atom stereocenters. The zero-order chi connectivity index (χ0) is 16.9. The van der Waals surface area contributed by atoms with E-state index in [-0.39, 0.29) is 0 Å². The Labute approximate surface area is 129 Å². The number of hydrogen-bond donors (Lipinski definition) is 2. The van der Waals surface area contributed by atoms with Crippen molar-refractivity contribution in [3.63, 3.8) is 0 Å². The third-order valence-corrected chi connectivity index (χ3v) is 3.16. The molecule has 3 heterocycles. The zero-order valence-corrected chi connectivity index (χ0v) is 11.9. The SMILES string of the molecule is O=C(O)C(F)(F)F.c1nc2c(c(-c3ccoc3)n1)CCNCC2. The summed E-state index contributed by atoms with van der Waals surface area (Å²) in [6.45, 7) is 1.99. The largest absolute Gasteiger partial charge is 0.490 e. The minimum Gasteiger partial charge on any atom is -0.475 e. The number of aromatic nitrogens is 2. The van der Waals surface area contributed by atoms with E-state index in [0.717, 1.165) is 42.9 Å². The summed E-state index contributed by atoms with van der Waals surface area (Å²) in [5.74, 6) is -2.76. The van der Waals surface area contributed by atoms with Gasteiger partial charge in [0.2, 0.25) is 0 Å². The third kappa shape index (κ3) is 4.52. The van der Waals surface area contributed by atoms with Crippen LogP contribution in [-0.4, -0.2) is 40.3 Å². The Morgan fingerprint density at radius 2 is 1.96 bits per heavy atom. The van der Waals surface area contributed by atoms with E-state index < -0.39 is 12.1 Å². The Bertz CT molecular complexity index is 657. The Morgan fingerprint density at radius 1 is 1.26 bits per heavy atom. The van der Waals surface area contributed by atoms with E-state index in [4.69, 9.17) is 14.3 Å². The van der Waals surface area contributed by atoms with Gasteiger partial charge in [-0.2, -0.15) is 13.2 Å². The minimum absolute atomic E-state index is 0.975. The lowest BCUT2D eigenvalue weighted by atomic mass is 10.0. The lowest BCUT2D eigenvalue weighted by Crippen LogP contribution is -2.21. The molecule has 0 fully saturated rings. The van der Waals surface area contributed by atoms with Crippen LogP contribution in [0.3, 0.4) is 0 Å². The summed E-state index contributed by atoms with van der Waals surface area (Å²) in [4.78, 5) is 17.6. The van der Waals surface area contributed by atoms with E-state index in [1.807, 2.05) is 6.07 Å². The Balaban J connectivity index is 0.000000236. The molecule has 0 atom stereocenters. The number of fused-ring (bicyclic) bond motifs is 1. The van der Waals surface area contributed by atoms with Crippen LogP contribution in [0.2, 0.25) is 0 Å². The highest BCUT2D eigenvalue weighted by Gasteiger charge is 2.38. The van der Waals surface area contributed by atoms with Crippen LogP contribution >= 0.6 is 0 Å². The predicted molar refractivity (Wildman–Crippen MR) is 73.7 cm³/mol. The number of carbonyl (C=O) groups is 1. The van der Waals surface area contributed by atoms with Gasteiger partial charge in [-0.05, 0) is 19.0 Å². The maximum Gasteiger partial charge on any atom is 0.490 e. The summed E-state index contributed by atoms with van der Waals surface area (Å²) >= 11 is 0. The highest BCUT2D eigenvalue weighted by Crippen LogP contribution is 2.24. The van der Waals surface area contributed by atoms with Crippen molar-refractivity contribution in [2.45, 2.75) is 19.0 Å². The van der Waals surface area contributed by atoms with Crippen LogP contribution in [0.5, 0.6) is 0 Å². The molecule has 6 nitrogen and oxygen atoms in total. The molecular weight excluding hydrogens is 315 g/mol. The number of nitrogens with zero attached hydrogens (tertiary/aromatic N) is 2. The van der Waals surface area contributed by atoms with E-state index in [9.17, 15) is 13.2 Å². The van der Waals surface area contributed by atoms with Gasteiger partial charge < -0.3 is 14.8 Å². The van der Waals surface area contributed by atoms with Crippen LogP contribution in [0, 0.1) is 0 Å². The van der Waals surface area contributed by atoms with Gasteiger partial charge in [0.1, 0.15) is 6.33 Å². The first-order chi connectivity index (χ1) is 10.9. The number of rotatable bonds is 1. The molecule has 0 aromatic carbocycles. The molecule has 23 heavy (non-hydrogen) atoms. The molecule has 0 spiro atoms. The molecule has 0 amide bonds. The molecular formula is C14H14F3N3O3. The quantitative estimate of drug-likeness (QED) is 0.832. The number of aliphatic carboxylic acids is 1. The van der Waals surface area contributed by atoms with Gasteiger partial charge in [-0.1, -0.05) is 0 Å². The number of carboxylic acid groups (broad SMARTS) is 1. The lowest BCUT2D eigenvalue weighted by molar-refractivity contribution is -0.192. The van der Waals surface area contributed by atoms with E-state index in [1.54, 1.807) is 18.9 Å². The van der Waals surface area contributed by atoms with Crippen molar-refractivity contribution in [3.8, 4) is 11.3 Å². The molecule has 0 radical (unpaired) electrons. The van der Waals surface area contributed by atoms with Gasteiger partial charge in [-0.3, -0.25) is 0 Å². The minimum atomic E-state index is -5.08. The topological polar surface area (TPSA) is 88.2 Å². The fourth-order valence-electron chi connectivity index (χ4n) is 2.12. The second-order valence-corrected chi connectivity index (χ2v) is 4.71. The van der Waals surface area contributed by atoms with Crippen LogP contribution < -0.4 is 5.32 Å². The molecule has 124 valence electrons. The van der Waals surface area contributed by atoms with Crippen LogP contribution in [0.15, 0.2) is 29.3 Å². The maximum atomic E-state index is 10.6. The third-order valence-electron chi connectivity index (χ3n) is 3.16. The van der Waals surface area contributed by atoms with Crippen molar-refractivity contribution < 1.29 is 27.5 Å². The first kappa shape index (κ1) is 16.9. The summed E-state index contributed by atoms with van der Waals surface area (Å²) in [6, 6.07) is 1.95. The van der Waals surface area contributed by atoms with Crippen molar-refractivity contribution in [2.75, 3.05) is 13.1 Å². The molecule has 1 aliphatic rings. The monoisotopic (exact) mass is 329 g/mol. The fraction of sp³-hybridized carbons (Fsp3) is 0.357. The normalized spacial score (nSPS) is 14.2. The van der Waals surface area contributed by atoms with E-state index >= 15 is 0 Å². The van der Waals surface area contributed by atoms with Crippen molar-refractivity contribution in [2.24, 2.45) is 0 Å². The van der Waals surface area contributed by atoms with Crippen LogP contribution in [-0.2, 0) is 17.6 Å². The van der Waals surface area contributed by atoms with Crippen molar-refractivity contribution >= 4 is 5.97 Å². The number of hydrogen-bond acceptors (Lipinski definition) is 5. The Hall–Kier alpha value is -2.42. The van der Waals surface area contributed by atoms with Crippen LogP contribution in [0.4, 0.5) is 13.2 Å². The summed E-state index contributed by atoms with van der Waals surface area (Å²) in [5, 5.41) is 10.5. The number of carboxylic acids is 1. The van der Waals surface area contributed by atoms with Crippen molar-refractivity contribution in [3.05, 3.63) is 36.2 Å². The Kier molecular flexibility index (Phi) is 5.32. The highest BCUT2D eigenvalue weighted by atomic mass is 19.4. The van der Waals surface area contributed by atoms with Crippen LogP contribution in [0.25, 0.3) is 11.3 Å². The average molecular weight is 329 g/mol. The summed E-state index contributed by atoms with van der Waals surface area (Å²) in [7, 11) is 0. The predicted octanol–water partition coefficient (Wildman–Crippen LogP) is 2.06. The van der Waals surface area contributed by atoms with Crippen molar-refractivity contribution in [1.82, 2.24) is 15.3 Å². The second-order valence-electron chi connectivity index (χ2n) is 4.71. The molecule has 0 aliphatic carbocycles. The number of furan rings is 1. The lowest BCUT2D eigenvalue weighted by Gasteiger charge is -2.07. The second kappa shape index (κ2) is 7.23. The van der Waals surface area contributed by atoms with Crippen molar-refractivity contribution in [1.29, 1.82) is 0 Å². The Morgan fingerprint density at radius 3 is 2.57 bits per heavy atom. The van der Waals surface area contributed by atoms with E-state index in [2.05, 4.69) is 15.3 Å². The zero-order valence-electron chi connectivity index (χ0n) is 11.9. The number of halogens is 3. The first-order valence-corrected chi connectivity index (χ1v) is 6.75. The van der Waals surface area contributed by atoms with E-state index in [1.165, 1.54) is 5.56 Å². The number of nitrogens with one attached hydrogen (secondary N) is 1. The van der Waals surface area contributed by atoms with Gasteiger partial charge in [-0.15, -0.1) is 0 Å². The highest BCUT2D eigenvalue weighted by molar-refractivity contribution is 5.73. The van der Waals surface area contributed by atoms with E-state index in [0.29, 0.717) is 0 Å². The van der Waals surface area contributed by atoms with Gasteiger partial charge >= 0.3 is 12.1 Å². The summed E-state index contributed by atoms with van der Waals surface area (Å²) < 4.78 is 36.9. The standard InChI is InChI=1S/C12H13N3O.C2HF3O2/c1-4-13-5-2-11-10(1)12(15-8-14-11)9-3-6-16-7-9;3-2(4,5)1(6)7/h3,6-8,13H,1-2,4-5H2;(H,6,7). The fourth-order valence-corrected chi connectivity index (χ4v) is 2.12. The number of alkyl halides is 3. The molecule has 0 saturated carbocycles. The van der Waals surface area contributed by atoms with Gasteiger partial charge in [0.25, 0.3) is 0 Å². The molecule has 1 aliphatic heterocycles. The molecule has 3 rings (SSSR count). The summed E-state index contributed by atoms with van der Waals surface area (Å²) in [6.07, 6.45) is 1.94. The van der Waals surface area contributed by atoms with Gasteiger partial charge in [0.05, 0.1) is 18.2 Å². The smallest absolute Gasteiger partial charge is 0.475 e. The van der Waals surface area contributed by atoms with Gasteiger partial charge in [0, 0.05) is 29.8 Å². The molecule has 2 N–H and O–H groups in total. The molecule has 0 bridgehead atoms. The summed E-state index contributed by atoms with van der Waals surface area (Å²) in [5.41, 5.74) is 4.48. The van der Waals surface area contributed by atoms with Crippen LogP contribution in [0.1, 0.15) is 11.3 Å².